The summed E-state index contributed by atoms with van der Waals surface area (Å²) in [6, 6.07) is 4.21. The van der Waals surface area contributed by atoms with E-state index in [0.29, 0.717) is 24.5 Å². The molecule has 0 spiro atoms. The third-order valence-corrected chi connectivity index (χ3v) is 4.65. The molecule has 1 aromatic carbocycles. The van der Waals surface area contributed by atoms with E-state index in [9.17, 15) is 24.0 Å². The van der Waals surface area contributed by atoms with E-state index in [0.717, 1.165) is 6.92 Å². The van der Waals surface area contributed by atoms with Gasteiger partial charge in [-0.15, -0.1) is 0 Å². The second kappa shape index (κ2) is 7.98. The number of hydrogen-bond acceptors (Lipinski definition) is 7. The Morgan fingerprint density at radius 1 is 1.39 bits per heavy atom. The average molecular weight is 396 g/mol. The molecule has 152 valence electrons. The lowest BCUT2D eigenvalue weighted by molar-refractivity contribution is -0.768. The molecule has 28 heavy (non-hydrogen) atoms. The van der Waals surface area contributed by atoms with Gasteiger partial charge in [0.2, 0.25) is 0 Å². The van der Waals surface area contributed by atoms with Gasteiger partial charge in [0.15, 0.2) is 6.10 Å². The van der Waals surface area contributed by atoms with Crippen LogP contribution in [0.25, 0.3) is 0 Å². The molecular formula is C17H21FN4O6. The van der Waals surface area contributed by atoms with Crippen LogP contribution in [0.1, 0.15) is 6.92 Å². The van der Waals surface area contributed by atoms with Crippen molar-refractivity contribution in [2.24, 2.45) is 0 Å². The fourth-order valence-electron chi connectivity index (χ4n) is 3.10. The van der Waals surface area contributed by atoms with Gasteiger partial charge >= 0.3 is 18.1 Å². The zero-order chi connectivity index (χ0) is 20.4. The van der Waals surface area contributed by atoms with E-state index in [1.165, 1.54) is 18.1 Å². The number of ether oxygens (including phenoxy) is 2. The molecule has 0 aromatic heterocycles. The van der Waals surface area contributed by atoms with Crippen molar-refractivity contribution >= 4 is 29.5 Å². The number of methoxy groups -OCH3 is 1. The number of carbonyl (C=O) groups is 3. The van der Waals surface area contributed by atoms with Crippen molar-refractivity contribution < 1.29 is 33.3 Å². The highest BCUT2D eigenvalue weighted by Crippen LogP contribution is 2.30. The van der Waals surface area contributed by atoms with Gasteiger partial charge in [-0.25, -0.2) is 18.8 Å². The number of hydroxylamine groups is 2. The molecule has 2 aliphatic heterocycles. The van der Waals surface area contributed by atoms with Crippen LogP contribution in [-0.4, -0.2) is 63.5 Å². The highest BCUT2D eigenvalue weighted by Gasteiger charge is 2.35. The van der Waals surface area contributed by atoms with Crippen molar-refractivity contribution in [2.75, 3.05) is 43.1 Å². The summed E-state index contributed by atoms with van der Waals surface area (Å²) in [7, 11) is 1.27. The lowest BCUT2D eigenvalue weighted by Gasteiger charge is -2.41. The van der Waals surface area contributed by atoms with E-state index >= 15 is 0 Å². The third-order valence-electron chi connectivity index (χ3n) is 4.65. The van der Waals surface area contributed by atoms with Crippen LogP contribution in [0.15, 0.2) is 18.2 Å². The van der Waals surface area contributed by atoms with Gasteiger partial charge in [0.05, 0.1) is 38.0 Å². The van der Waals surface area contributed by atoms with E-state index in [1.807, 2.05) is 0 Å². The number of carbonyl (C=O) groups excluding carboxylic acids is 3. The summed E-state index contributed by atoms with van der Waals surface area (Å²) in [5, 5.41) is 13.5. The molecule has 11 heteroatoms. The van der Waals surface area contributed by atoms with Crippen LogP contribution in [0.4, 0.5) is 25.4 Å². The monoisotopic (exact) mass is 396 g/mol. The fourth-order valence-corrected chi connectivity index (χ4v) is 3.10. The van der Waals surface area contributed by atoms with Crippen molar-refractivity contribution in [3.05, 3.63) is 29.2 Å². The number of anilines is 2. The number of quaternary nitrogens is 1. The predicted octanol–water partition coefficient (Wildman–Crippen LogP) is -0.375. The molecule has 0 bridgehead atoms. The average Bonchev–Trinajstić information content (AvgIpc) is 2.98. The smallest absolute Gasteiger partial charge is 0.414 e. The Bertz CT molecular complexity index is 785. The first-order valence-corrected chi connectivity index (χ1v) is 8.69. The molecule has 1 unspecified atom stereocenters. The number of nitrogens with one attached hydrogen (secondary N) is 2. The minimum Gasteiger partial charge on any atom is -0.627 e. The summed E-state index contributed by atoms with van der Waals surface area (Å²) in [4.78, 5) is 37.2. The van der Waals surface area contributed by atoms with Gasteiger partial charge in [0, 0.05) is 13.1 Å². The van der Waals surface area contributed by atoms with E-state index in [2.05, 4.69) is 10.1 Å². The molecule has 2 fully saturated rings. The molecule has 0 saturated carbocycles. The molecule has 10 nitrogen and oxygen atoms in total. The minimum absolute atomic E-state index is 0.0610. The number of amides is 3. The van der Waals surface area contributed by atoms with Gasteiger partial charge in [0.25, 0.3) is 0 Å². The number of halogens is 1. The molecule has 0 aliphatic carbocycles. The molecule has 2 heterocycles. The number of rotatable bonds is 5. The van der Waals surface area contributed by atoms with E-state index in [4.69, 9.17) is 4.74 Å². The summed E-state index contributed by atoms with van der Waals surface area (Å²) in [6.45, 7) is 1.90. The van der Waals surface area contributed by atoms with Crippen molar-refractivity contribution in [3.63, 3.8) is 0 Å². The Kier molecular flexibility index (Phi) is 5.66. The quantitative estimate of drug-likeness (QED) is 0.652. The topological polar surface area (TPSA) is 116 Å². The standard InChI is InChI=1S/C17H21FN4O6/c1-10(23)22(26)9-13-8-21(17(25)28-13)12-3-4-15(14(18)5-12)20-6-11(7-20)19-16(24)27-2/h3-5,11,13,22H,6-9H2,1-2H3,(H,19,24). The van der Waals surface area contributed by atoms with Crippen LogP contribution in [-0.2, 0) is 14.3 Å². The summed E-state index contributed by atoms with van der Waals surface area (Å²) < 4.78 is 24.1. The Labute approximate surface area is 160 Å². The highest BCUT2D eigenvalue weighted by molar-refractivity contribution is 5.90. The first-order chi connectivity index (χ1) is 13.3. The number of nitrogens with zero attached hydrogens (tertiary/aromatic N) is 2. The molecule has 2 atom stereocenters. The maximum atomic E-state index is 14.5. The Morgan fingerprint density at radius 2 is 2.11 bits per heavy atom. The Balaban J connectivity index is 1.61. The zero-order valence-electron chi connectivity index (χ0n) is 15.4. The van der Waals surface area contributed by atoms with Crippen molar-refractivity contribution in [3.8, 4) is 0 Å². The molecule has 3 rings (SSSR count). The largest absolute Gasteiger partial charge is 0.627 e. The molecule has 3 amide bonds. The maximum absolute atomic E-state index is 14.5. The van der Waals surface area contributed by atoms with Crippen molar-refractivity contribution in [1.82, 2.24) is 5.32 Å². The van der Waals surface area contributed by atoms with Crippen LogP contribution in [0.5, 0.6) is 0 Å². The van der Waals surface area contributed by atoms with E-state index in [1.54, 1.807) is 17.0 Å². The molecule has 1 aromatic rings. The lowest BCUT2D eigenvalue weighted by atomic mass is 10.1. The van der Waals surface area contributed by atoms with Gasteiger partial charge in [-0.05, 0) is 18.2 Å². The summed E-state index contributed by atoms with van der Waals surface area (Å²) >= 11 is 0. The van der Waals surface area contributed by atoms with Gasteiger partial charge < -0.3 is 30.0 Å². The van der Waals surface area contributed by atoms with E-state index in [-0.39, 0.29) is 19.1 Å². The van der Waals surface area contributed by atoms with Crippen LogP contribution < -0.4 is 20.2 Å². The molecule has 2 N–H and O–H groups in total. The number of hydrogen-bond donors (Lipinski definition) is 2. The summed E-state index contributed by atoms with van der Waals surface area (Å²) in [5.74, 6) is -1.12. The zero-order valence-corrected chi connectivity index (χ0v) is 15.4. The van der Waals surface area contributed by atoms with Gasteiger partial charge in [-0.2, -0.15) is 0 Å². The molecular weight excluding hydrogens is 375 g/mol. The maximum Gasteiger partial charge on any atom is 0.414 e. The van der Waals surface area contributed by atoms with Gasteiger partial charge in [0.1, 0.15) is 12.4 Å². The predicted molar refractivity (Wildman–Crippen MR) is 95.4 cm³/mol. The summed E-state index contributed by atoms with van der Waals surface area (Å²) in [6.07, 6.45) is -1.97. The fraction of sp³-hybridized carbons (Fsp3) is 0.471. The lowest BCUT2D eigenvalue weighted by Crippen LogP contribution is -3.10. The second-order valence-corrected chi connectivity index (χ2v) is 6.67. The molecule has 2 saturated heterocycles. The van der Waals surface area contributed by atoms with Crippen LogP contribution in [0.3, 0.4) is 0 Å². The van der Waals surface area contributed by atoms with Gasteiger partial charge in [-0.3, -0.25) is 4.90 Å². The molecule has 2 aliphatic rings. The van der Waals surface area contributed by atoms with Crippen LogP contribution in [0, 0.1) is 11.0 Å². The normalized spacial score (nSPS) is 20.4. The Morgan fingerprint density at radius 3 is 2.71 bits per heavy atom. The molecule has 0 radical (unpaired) electrons. The first kappa shape index (κ1) is 19.8. The Hall–Kier alpha value is -2.92. The number of benzene rings is 1. The number of cyclic esters (lactones) is 1. The highest BCUT2D eigenvalue weighted by atomic mass is 19.1. The van der Waals surface area contributed by atoms with Gasteiger partial charge in [-0.1, -0.05) is 0 Å². The van der Waals surface area contributed by atoms with Crippen molar-refractivity contribution in [1.29, 1.82) is 0 Å². The number of alkyl carbamates (subject to hydrolysis) is 1. The summed E-state index contributed by atoms with van der Waals surface area (Å²) in [5.41, 5.74) is 0.649. The SMILES string of the molecule is COC(=O)NC1CN(c2ccc(N3CC(C[N@H+]([O-])C(C)=O)OC3=O)cc2F)C1. The van der Waals surface area contributed by atoms with E-state index < -0.39 is 35.1 Å². The van der Waals surface area contributed by atoms with Crippen molar-refractivity contribution in [2.45, 2.75) is 19.1 Å². The minimum atomic E-state index is -0.743. The van der Waals surface area contributed by atoms with Crippen LogP contribution in [0.2, 0.25) is 0 Å². The first-order valence-electron chi connectivity index (χ1n) is 8.69. The van der Waals surface area contributed by atoms with Crippen LogP contribution >= 0.6 is 0 Å². The second-order valence-electron chi connectivity index (χ2n) is 6.67. The third kappa shape index (κ3) is 4.15.